The molecule has 2 N–H and O–H groups in total. The summed E-state index contributed by atoms with van der Waals surface area (Å²) in [5, 5.41) is 16.2. The molecule has 27 heavy (non-hydrogen) atoms. The number of nitrogens with one attached hydrogen (secondary N) is 2. The van der Waals surface area contributed by atoms with E-state index in [4.69, 9.17) is 4.74 Å². The van der Waals surface area contributed by atoms with Crippen LogP contribution in [0.2, 0.25) is 0 Å². The number of esters is 1. The Labute approximate surface area is 158 Å². The van der Waals surface area contributed by atoms with Crippen molar-refractivity contribution in [2.45, 2.75) is 38.5 Å². The maximum absolute atomic E-state index is 13.0. The molecule has 6 heteroatoms. The van der Waals surface area contributed by atoms with Crippen molar-refractivity contribution in [2.24, 2.45) is 0 Å². The number of ether oxygens (including phenoxy) is 1. The van der Waals surface area contributed by atoms with Crippen LogP contribution in [0.5, 0.6) is 0 Å². The molecule has 1 saturated heterocycles. The third-order valence-corrected chi connectivity index (χ3v) is 4.65. The van der Waals surface area contributed by atoms with E-state index in [1.807, 2.05) is 18.2 Å². The third-order valence-electron chi connectivity index (χ3n) is 4.65. The highest BCUT2D eigenvalue weighted by atomic mass is 19.1. The van der Waals surface area contributed by atoms with Crippen molar-refractivity contribution in [3.05, 3.63) is 65.0 Å². The Morgan fingerprint density at radius 2 is 2.11 bits per heavy atom. The zero-order chi connectivity index (χ0) is 19.2. The van der Waals surface area contributed by atoms with Crippen LogP contribution in [0.3, 0.4) is 0 Å². The summed E-state index contributed by atoms with van der Waals surface area (Å²) < 4.78 is 18.3. The minimum atomic E-state index is -0.276. The van der Waals surface area contributed by atoms with Crippen molar-refractivity contribution in [3.8, 4) is 6.07 Å². The maximum Gasteiger partial charge on any atom is 0.302 e. The molecule has 0 spiro atoms. The number of carbonyl (C=O) groups excluding carboxylic acids is 1. The van der Waals surface area contributed by atoms with E-state index in [0.717, 1.165) is 29.8 Å². The van der Waals surface area contributed by atoms with E-state index >= 15 is 0 Å². The molecule has 1 aliphatic rings. The van der Waals surface area contributed by atoms with E-state index in [2.05, 4.69) is 16.7 Å². The minimum Gasteiger partial charge on any atom is -0.462 e. The average Bonchev–Trinajstić information content (AvgIpc) is 2.67. The van der Waals surface area contributed by atoms with E-state index in [9.17, 15) is 14.4 Å². The SMILES string of the molecule is CC(=O)OC1CCNC(c2ccc(NCc3ccc(F)cc3)cc2C#N)C1. The van der Waals surface area contributed by atoms with Gasteiger partial charge in [0.1, 0.15) is 11.9 Å². The van der Waals surface area contributed by atoms with Crippen molar-refractivity contribution < 1.29 is 13.9 Å². The van der Waals surface area contributed by atoms with Gasteiger partial charge in [-0.3, -0.25) is 4.79 Å². The number of benzene rings is 2. The number of piperidine rings is 1. The lowest BCUT2D eigenvalue weighted by Gasteiger charge is -2.30. The van der Waals surface area contributed by atoms with Crippen LogP contribution >= 0.6 is 0 Å². The lowest BCUT2D eigenvalue weighted by molar-refractivity contribution is -0.147. The first kappa shape index (κ1) is 18.9. The first-order valence-corrected chi connectivity index (χ1v) is 8.98. The fourth-order valence-corrected chi connectivity index (χ4v) is 3.33. The molecule has 1 aliphatic heterocycles. The van der Waals surface area contributed by atoms with Crippen molar-refractivity contribution in [3.63, 3.8) is 0 Å². The van der Waals surface area contributed by atoms with Crippen LogP contribution in [0.15, 0.2) is 42.5 Å². The second-order valence-electron chi connectivity index (χ2n) is 6.66. The molecule has 5 nitrogen and oxygen atoms in total. The van der Waals surface area contributed by atoms with Crippen molar-refractivity contribution in [1.29, 1.82) is 5.26 Å². The summed E-state index contributed by atoms with van der Waals surface area (Å²) in [4.78, 5) is 11.2. The van der Waals surface area contributed by atoms with Gasteiger partial charge in [0, 0.05) is 31.6 Å². The Kier molecular flexibility index (Phi) is 6.05. The van der Waals surface area contributed by atoms with Gasteiger partial charge in [-0.1, -0.05) is 18.2 Å². The topological polar surface area (TPSA) is 74.2 Å². The number of anilines is 1. The number of rotatable bonds is 5. The Bertz CT molecular complexity index is 845. The number of hydrogen-bond acceptors (Lipinski definition) is 5. The van der Waals surface area contributed by atoms with Gasteiger partial charge in [0.25, 0.3) is 0 Å². The number of hydrogen-bond donors (Lipinski definition) is 2. The summed E-state index contributed by atoms with van der Waals surface area (Å²) in [6, 6.07) is 14.2. The molecule has 0 aliphatic carbocycles. The van der Waals surface area contributed by atoms with Gasteiger partial charge in [-0.05, 0) is 48.4 Å². The summed E-state index contributed by atoms with van der Waals surface area (Å²) in [7, 11) is 0. The smallest absolute Gasteiger partial charge is 0.302 e. The van der Waals surface area contributed by atoms with Crippen LogP contribution in [0.25, 0.3) is 0 Å². The maximum atomic E-state index is 13.0. The van der Waals surface area contributed by atoms with Gasteiger partial charge >= 0.3 is 5.97 Å². The lowest BCUT2D eigenvalue weighted by Crippen LogP contribution is -2.36. The predicted molar refractivity (Wildman–Crippen MR) is 100 cm³/mol. The zero-order valence-electron chi connectivity index (χ0n) is 15.2. The van der Waals surface area contributed by atoms with E-state index in [-0.39, 0.29) is 23.9 Å². The molecule has 1 heterocycles. The molecule has 1 fully saturated rings. The Morgan fingerprint density at radius 1 is 1.33 bits per heavy atom. The Morgan fingerprint density at radius 3 is 2.81 bits per heavy atom. The van der Waals surface area contributed by atoms with Crippen LogP contribution in [0, 0.1) is 17.1 Å². The first-order valence-electron chi connectivity index (χ1n) is 8.98. The third kappa shape index (κ3) is 5.05. The zero-order valence-corrected chi connectivity index (χ0v) is 15.2. The number of carbonyl (C=O) groups is 1. The predicted octanol–water partition coefficient (Wildman–Crippen LogP) is 3.67. The molecule has 0 amide bonds. The van der Waals surface area contributed by atoms with E-state index in [1.165, 1.54) is 19.1 Å². The molecule has 0 aromatic heterocycles. The van der Waals surface area contributed by atoms with Gasteiger partial charge in [0.15, 0.2) is 0 Å². The van der Waals surface area contributed by atoms with Gasteiger partial charge in [0.2, 0.25) is 0 Å². The normalized spacial score (nSPS) is 19.1. The molecule has 2 atom stereocenters. The van der Waals surface area contributed by atoms with E-state index in [1.54, 1.807) is 12.1 Å². The molecule has 2 unspecified atom stereocenters. The van der Waals surface area contributed by atoms with Crippen molar-refractivity contribution >= 4 is 11.7 Å². The fraction of sp³-hybridized carbons (Fsp3) is 0.333. The van der Waals surface area contributed by atoms with Crippen LogP contribution in [0.4, 0.5) is 10.1 Å². The molecule has 2 aromatic carbocycles. The van der Waals surface area contributed by atoms with Crippen LogP contribution in [-0.4, -0.2) is 18.6 Å². The molecule has 3 rings (SSSR count). The average molecular weight is 367 g/mol. The van der Waals surface area contributed by atoms with Gasteiger partial charge in [0.05, 0.1) is 11.6 Å². The fourth-order valence-electron chi connectivity index (χ4n) is 3.33. The van der Waals surface area contributed by atoms with Gasteiger partial charge < -0.3 is 15.4 Å². The molecular formula is C21H22FN3O2. The van der Waals surface area contributed by atoms with Crippen LogP contribution in [-0.2, 0) is 16.1 Å². The van der Waals surface area contributed by atoms with Gasteiger partial charge in [-0.15, -0.1) is 0 Å². The molecule has 2 aromatic rings. The monoisotopic (exact) mass is 367 g/mol. The highest BCUT2D eigenvalue weighted by molar-refractivity contribution is 5.66. The highest BCUT2D eigenvalue weighted by Crippen LogP contribution is 2.29. The number of halogens is 1. The standard InChI is InChI=1S/C21H22FN3O2/c1-14(26)27-19-8-9-24-21(11-19)20-7-6-18(10-16(20)12-23)25-13-15-2-4-17(22)5-3-15/h2-7,10,19,21,24-25H,8-9,11,13H2,1H3. The molecule has 0 radical (unpaired) electrons. The quantitative estimate of drug-likeness (QED) is 0.789. The van der Waals surface area contributed by atoms with Crippen LogP contribution in [0.1, 0.15) is 42.5 Å². The molecule has 140 valence electrons. The summed E-state index contributed by atoms with van der Waals surface area (Å²) in [6.45, 7) is 2.69. The highest BCUT2D eigenvalue weighted by Gasteiger charge is 2.26. The van der Waals surface area contributed by atoms with E-state index in [0.29, 0.717) is 18.5 Å². The second-order valence-corrected chi connectivity index (χ2v) is 6.66. The van der Waals surface area contributed by atoms with Gasteiger partial charge in [-0.2, -0.15) is 5.26 Å². The van der Waals surface area contributed by atoms with Gasteiger partial charge in [-0.25, -0.2) is 4.39 Å². The number of nitrogens with zero attached hydrogens (tertiary/aromatic N) is 1. The molecule has 0 bridgehead atoms. The Balaban J connectivity index is 1.69. The number of nitriles is 1. The van der Waals surface area contributed by atoms with Crippen molar-refractivity contribution in [1.82, 2.24) is 5.32 Å². The lowest BCUT2D eigenvalue weighted by atomic mass is 9.92. The summed E-state index contributed by atoms with van der Waals surface area (Å²) in [6.07, 6.45) is 1.29. The summed E-state index contributed by atoms with van der Waals surface area (Å²) in [5.74, 6) is -0.539. The van der Waals surface area contributed by atoms with E-state index < -0.39 is 0 Å². The summed E-state index contributed by atoms with van der Waals surface area (Å²) >= 11 is 0. The molecular weight excluding hydrogens is 345 g/mol. The Hall–Kier alpha value is -2.91. The van der Waals surface area contributed by atoms with Crippen LogP contribution < -0.4 is 10.6 Å². The largest absolute Gasteiger partial charge is 0.462 e. The first-order chi connectivity index (χ1) is 13.0. The minimum absolute atomic E-state index is 0.0242. The molecule has 0 saturated carbocycles. The van der Waals surface area contributed by atoms with Crippen molar-refractivity contribution in [2.75, 3.05) is 11.9 Å². The summed E-state index contributed by atoms with van der Waals surface area (Å²) in [5.41, 5.74) is 3.27. The second kappa shape index (κ2) is 8.65.